The molecule has 1 atom stereocenters. The van der Waals surface area contributed by atoms with Crippen molar-refractivity contribution >= 4 is 24.1 Å². The smallest absolute Gasteiger partial charge is 0.338 e. The Morgan fingerprint density at radius 1 is 1.02 bits per heavy atom. The molecular formula is C35H37FN4O8. The zero-order chi connectivity index (χ0) is 34.6. The van der Waals surface area contributed by atoms with Gasteiger partial charge in [0.2, 0.25) is 0 Å². The predicted octanol–water partition coefficient (Wildman–Crippen LogP) is 4.87. The minimum absolute atomic E-state index is 0.171. The summed E-state index contributed by atoms with van der Waals surface area (Å²) in [5.41, 5.74) is 5.80. The fraction of sp³-hybridized carbons (Fsp3) is 0.257. The largest absolute Gasteiger partial charge is 0.493 e. The second kappa shape index (κ2) is 16.6. The summed E-state index contributed by atoms with van der Waals surface area (Å²) < 4.78 is 41.2. The Morgan fingerprint density at radius 3 is 2.46 bits per heavy atom. The number of hydrogen-bond acceptors (Lipinski definition) is 9. The van der Waals surface area contributed by atoms with Gasteiger partial charge in [-0.05, 0) is 73.4 Å². The molecule has 1 aliphatic heterocycles. The van der Waals surface area contributed by atoms with Gasteiger partial charge in [0.25, 0.3) is 5.91 Å². The molecule has 0 aromatic heterocycles. The molecule has 0 bridgehead atoms. The third-order valence-electron chi connectivity index (χ3n) is 7.08. The van der Waals surface area contributed by atoms with Crippen LogP contribution in [0.5, 0.6) is 23.0 Å². The van der Waals surface area contributed by atoms with Crippen molar-refractivity contribution in [2.75, 3.05) is 27.4 Å². The highest BCUT2D eigenvalue weighted by molar-refractivity contribution is 5.95. The Morgan fingerprint density at radius 2 is 1.77 bits per heavy atom. The van der Waals surface area contributed by atoms with Crippen molar-refractivity contribution in [3.63, 3.8) is 0 Å². The molecule has 1 aliphatic rings. The number of halogens is 1. The van der Waals surface area contributed by atoms with Gasteiger partial charge in [-0.3, -0.25) is 4.79 Å². The van der Waals surface area contributed by atoms with Crippen LogP contribution in [-0.4, -0.2) is 51.6 Å². The highest BCUT2D eigenvalue weighted by atomic mass is 19.1. The minimum atomic E-state index is -0.792. The van der Waals surface area contributed by atoms with Crippen LogP contribution in [0.25, 0.3) is 0 Å². The fourth-order valence-electron chi connectivity index (χ4n) is 4.88. The number of methoxy groups -OCH3 is 2. The van der Waals surface area contributed by atoms with E-state index in [0.29, 0.717) is 34.7 Å². The number of carbonyl (C=O) groups excluding carboxylic acids is 3. The minimum Gasteiger partial charge on any atom is -0.493 e. The third kappa shape index (κ3) is 8.90. The summed E-state index contributed by atoms with van der Waals surface area (Å²) in [6, 6.07) is 13.1. The standard InChI is InChI=1S/C35H37FN4O8/c1-6-8-25-15-23(16-29(45-5)33(25)48-19-22-9-12-26(36)13-10-22)18-37-40-30(41)20-47-27-14-11-24(17-28(27)44-4)32-31(34(42)46-7-2)21(3)38-35(43)39-32/h6,9-18,32H,1,7-8,19-20H2,2-5H3,(H,40,41)(H2,38,39,43)/b37-18-/t32-/m0/s1. The van der Waals surface area contributed by atoms with Crippen LogP contribution in [-0.2, 0) is 27.4 Å². The lowest BCUT2D eigenvalue weighted by atomic mass is 9.95. The number of benzene rings is 3. The maximum absolute atomic E-state index is 13.3. The third-order valence-corrected chi connectivity index (χ3v) is 7.08. The number of carbonyl (C=O) groups is 3. The summed E-state index contributed by atoms with van der Waals surface area (Å²) in [6.07, 6.45) is 3.65. The number of nitrogens with one attached hydrogen (secondary N) is 3. The molecule has 0 spiro atoms. The lowest BCUT2D eigenvalue weighted by Gasteiger charge is -2.28. The quantitative estimate of drug-likeness (QED) is 0.0906. The average molecular weight is 661 g/mol. The Kier molecular flexibility index (Phi) is 12.1. The molecule has 0 saturated heterocycles. The molecule has 3 aromatic carbocycles. The first-order chi connectivity index (χ1) is 23.2. The summed E-state index contributed by atoms with van der Waals surface area (Å²) in [4.78, 5) is 37.4. The molecule has 13 heteroatoms. The first-order valence-electron chi connectivity index (χ1n) is 14.9. The number of amides is 3. The number of hydrogen-bond donors (Lipinski definition) is 3. The first kappa shape index (κ1) is 35.0. The van der Waals surface area contributed by atoms with E-state index in [0.717, 1.165) is 11.1 Å². The first-order valence-corrected chi connectivity index (χ1v) is 14.9. The lowest BCUT2D eigenvalue weighted by molar-refractivity contribution is -0.139. The molecule has 4 rings (SSSR count). The summed E-state index contributed by atoms with van der Waals surface area (Å²) in [7, 11) is 2.94. The van der Waals surface area contributed by atoms with Crippen molar-refractivity contribution in [1.82, 2.24) is 16.1 Å². The summed E-state index contributed by atoms with van der Waals surface area (Å²) in [5, 5.41) is 9.36. The SMILES string of the molecule is C=CCc1cc(/C=N\NC(=O)COc2ccc([C@@H]3NC(=O)NC(C)=C3C(=O)OCC)cc2OC)cc(OC)c1OCc1ccc(F)cc1. The summed E-state index contributed by atoms with van der Waals surface area (Å²) >= 11 is 0. The summed E-state index contributed by atoms with van der Waals surface area (Å²) in [5.74, 6) is 0.0725. The lowest BCUT2D eigenvalue weighted by Crippen LogP contribution is -2.45. The molecule has 1 heterocycles. The van der Waals surface area contributed by atoms with Crippen molar-refractivity contribution in [2.45, 2.75) is 32.9 Å². The zero-order valence-corrected chi connectivity index (χ0v) is 27.1. The number of urea groups is 1. The molecule has 0 saturated carbocycles. The molecule has 0 unspecified atom stereocenters. The number of hydrazone groups is 1. The van der Waals surface area contributed by atoms with Crippen LogP contribution in [0.3, 0.4) is 0 Å². The molecule has 3 amide bonds. The molecule has 3 N–H and O–H groups in total. The van der Waals surface area contributed by atoms with E-state index in [2.05, 4.69) is 27.7 Å². The maximum Gasteiger partial charge on any atom is 0.338 e. The van der Waals surface area contributed by atoms with Crippen molar-refractivity contribution in [2.24, 2.45) is 5.10 Å². The van der Waals surface area contributed by atoms with E-state index in [-0.39, 0.29) is 42.7 Å². The van der Waals surface area contributed by atoms with Crippen molar-refractivity contribution in [3.05, 3.63) is 107 Å². The summed E-state index contributed by atoms with van der Waals surface area (Å²) in [6.45, 7) is 7.12. The Bertz CT molecular complexity index is 1720. The van der Waals surface area contributed by atoms with Gasteiger partial charge in [0.05, 0.1) is 38.7 Å². The second-order valence-electron chi connectivity index (χ2n) is 10.4. The van der Waals surface area contributed by atoms with Crippen molar-refractivity contribution in [1.29, 1.82) is 0 Å². The number of allylic oxidation sites excluding steroid dienone is 2. The average Bonchev–Trinajstić information content (AvgIpc) is 3.07. The van der Waals surface area contributed by atoms with E-state index in [9.17, 15) is 18.8 Å². The topological polar surface area (TPSA) is 146 Å². The predicted molar refractivity (Wildman–Crippen MR) is 176 cm³/mol. The van der Waals surface area contributed by atoms with Gasteiger partial charge in [-0.25, -0.2) is 19.4 Å². The molecule has 48 heavy (non-hydrogen) atoms. The number of nitrogens with zero attached hydrogens (tertiary/aromatic N) is 1. The van der Waals surface area contributed by atoms with Gasteiger partial charge >= 0.3 is 12.0 Å². The van der Waals surface area contributed by atoms with Gasteiger partial charge in [-0.15, -0.1) is 6.58 Å². The van der Waals surface area contributed by atoms with E-state index in [1.165, 1.54) is 32.6 Å². The van der Waals surface area contributed by atoms with E-state index in [4.69, 9.17) is 23.7 Å². The monoisotopic (exact) mass is 660 g/mol. The van der Waals surface area contributed by atoms with Gasteiger partial charge in [0, 0.05) is 11.3 Å². The van der Waals surface area contributed by atoms with E-state index < -0.39 is 23.9 Å². The molecule has 0 aliphatic carbocycles. The normalized spacial score (nSPS) is 14.1. The van der Waals surface area contributed by atoms with E-state index in [1.807, 2.05) is 6.07 Å². The zero-order valence-electron chi connectivity index (χ0n) is 27.1. The second-order valence-corrected chi connectivity index (χ2v) is 10.4. The van der Waals surface area contributed by atoms with Crippen LogP contribution >= 0.6 is 0 Å². The van der Waals surface area contributed by atoms with Crippen LogP contribution < -0.4 is 35.0 Å². The Balaban J connectivity index is 1.41. The molecule has 12 nitrogen and oxygen atoms in total. The highest BCUT2D eigenvalue weighted by Crippen LogP contribution is 2.35. The number of esters is 1. The van der Waals surface area contributed by atoms with Gasteiger partial charge < -0.3 is 34.3 Å². The van der Waals surface area contributed by atoms with Crippen LogP contribution in [0.1, 0.15) is 42.1 Å². The molecule has 0 radical (unpaired) electrons. The fourth-order valence-corrected chi connectivity index (χ4v) is 4.88. The van der Waals surface area contributed by atoms with Crippen LogP contribution in [0, 0.1) is 5.82 Å². The Labute approximate surface area is 277 Å². The molecular weight excluding hydrogens is 623 g/mol. The molecule has 252 valence electrons. The highest BCUT2D eigenvalue weighted by Gasteiger charge is 2.32. The van der Waals surface area contributed by atoms with Crippen LogP contribution in [0.15, 0.2) is 83.6 Å². The van der Waals surface area contributed by atoms with Crippen molar-refractivity contribution < 1.29 is 42.5 Å². The molecule has 3 aromatic rings. The van der Waals surface area contributed by atoms with E-state index in [1.54, 1.807) is 56.3 Å². The van der Waals surface area contributed by atoms with E-state index >= 15 is 0 Å². The van der Waals surface area contributed by atoms with Gasteiger partial charge in [0.1, 0.15) is 12.4 Å². The van der Waals surface area contributed by atoms with Gasteiger partial charge in [-0.1, -0.05) is 24.3 Å². The number of rotatable bonds is 15. The maximum atomic E-state index is 13.3. The van der Waals surface area contributed by atoms with Gasteiger partial charge in [0.15, 0.2) is 29.6 Å². The van der Waals surface area contributed by atoms with Crippen molar-refractivity contribution in [3.8, 4) is 23.0 Å². The molecule has 0 fully saturated rings. The van der Waals surface area contributed by atoms with Crippen LogP contribution in [0.4, 0.5) is 9.18 Å². The van der Waals surface area contributed by atoms with Gasteiger partial charge in [-0.2, -0.15) is 5.10 Å². The van der Waals surface area contributed by atoms with Crippen LogP contribution in [0.2, 0.25) is 0 Å². The Hall–Kier alpha value is -5.85. The number of ether oxygens (including phenoxy) is 5.